The van der Waals surface area contributed by atoms with Crippen LogP contribution in [0.2, 0.25) is 0 Å². The molecule has 0 amide bonds. The standard InChI is InChI=1S/C22H21BrN4O2/c1-29-17-13-24-21(25-14-17)22-26-19-9-8-16(23)12-18(19)20(27(22)10-5-11-28)15-6-3-2-4-7-15/h2-4,6-9,12-14,20,28H,5,10-11H2,1H3. The van der Waals surface area contributed by atoms with Gasteiger partial charge in [-0.2, -0.15) is 0 Å². The van der Waals surface area contributed by atoms with Crippen LogP contribution in [0.3, 0.4) is 0 Å². The number of aliphatic imine (C=N–C) groups is 1. The lowest BCUT2D eigenvalue weighted by molar-refractivity contribution is 0.254. The van der Waals surface area contributed by atoms with E-state index in [0.717, 1.165) is 21.3 Å². The van der Waals surface area contributed by atoms with Crippen molar-refractivity contribution in [2.75, 3.05) is 20.3 Å². The number of aromatic nitrogens is 2. The summed E-state index contributed by atoms with van der Waals surface area (Å²) in [5.74, 6) is 1.80. The number of ether oxygens (including phenoxy) is 1. The lowest BCUT2D eigenvalue weighted by atomic mass is 9.93. The molecule has 1 aliphatic rings. The molecule has 0 bridgehead atoms. The number of aliphatic hydroxyl groups is 1. The van der Waals surface area contributed by atoms with Crippen LogP contribution < -0.4 is 4.74 Å². The van der Waals surface area contributed by atoms with Crippen molar-refractivity contribution in [3.05, 3.63) is 82.3 Å². The molecule has 2 aromatic carbocycles. The minimum absolute atomic E-state index is 0.0616. The van der Waals surface area contributed by atoms with Crippen LogP contribution in [-0.2, 0) is 0 Å². The molecule has 1 N–H and O–H groups in total. The van der Waals surface area contributed by atoms with Gasteiger partial charge in [0.2, 0.25) is 0 Å². The molecule has 148 valence electrons. The number of amidine groups is 1. The second kappa shape index (κ2) is 8.71. The second-order valence-electron chi connectivity index (χ2n) is 6.67. The first kappa shape index (κ1) is 19.5. The first-order valence-electron chi connectivity index (χ1n) is 9.38. The fraction of sp³-hybridized carbons (Fsp3) is 0.227. The van der Waals surface area contributed by atoms with Crippen molar-refractivity contribution in [3.63, 3.8) is 0 Å². The van der Waals surface area contributed by atoms with E-state index < -0.39 is 0 Å². The van der Waals surface area contributed by atoms with Crippen molar-refractivity contribution >= 4 is 27.5 Å². The van der Waals surface area contributed by atoms with Crippen LogP contribution in [0.5, 0.6) is 5.75 Å². The third-order valence-electron chi connectivity index (χ3n) is 4.83. The van der Waals surface area contributed by atoms with E-state index in [0.29, 0.717) is 30.4 Å². The van der Waals surface area contributed by atoms with Gasteiger partial charge in [0, 0.05) is 23.2 Å². The van der Waals surface area contributed by atoms with Crippen LogP contribution in [0.25, 0.3) is 0 Å². The Bertz CT molecular complexity index is 1010. The molecule has 6 nitrogen and oxygen atoms in total. The van der Waals surface area contributed by atoms with Gasteiger partial charge in [-0.05, 0) is 30.2 Å². The highest BCUT2D eigenvalue weighted by atomic mass is 79.9. The molecule has 0 radical (unpaired) electrons. The highest BCUT2D eigenvalue weighted by molar-refractivity contribution is 9.10. The van der Waals surface area contributed by atoms with Crippen molar-refractivity contribution in [1.29, 1.82) is 0 Å². The van der Waals surface area contributed by atoms with Gasteiger partial charge >= 0.3 is 0 Å². The van der Waals surface area contributed by atoms with Crippen LogP contribution in [0.15, 0.2) is 70.4 Å². The van der Waals surface area contributed by atoms with Gasteiger partial charge in [-0.25, -0.2) is 15.0 Å². The fourth-order valence-corrected chi connectivity index (χ4v) is 3.88. The highest BCUT2D eigenvalue weighted by Crippen LogP contribution is 2.41. The van der Waals surface area contributed by atoms with Gasteiger partial charge in [-0.1, -0.05) is 46.3 Å². The molecule has 0 aliphatic carbocycles. The monoisotopic (exact) mass is 452 g/mol. The van der Waals surface area contributed by atoms with Crippen LogP contribution in [0.4, 0.5) is 5.69 Å². The lowest BCUT2D eigenvalue weighted by Gasteiger charge is -2.38. The molecule has 1 aliphatic heterocycles. The second-order valence-corrected chi connectivity index (χ2v) is 7.58. The zero-order valence-electron chi connectivity index (χ0n) is 16.0. The molecule has 4 rings (SSSR count). The number of benzene rings is 2. The summed E-state index contributed by atoms with van der Waals surface area (Å²) in [5, 5.41) is 9.50. The van der Waals surface area contributed by atoms with E-state index in [9.17, 15) is 5.11 Å². The average molecular weight is 453 g/mol. The van der Waals surface area contributed by atoms with Crippen molar-refractivity contribution in [3.8, 4) is 5.75 Å². The molecule has 0 saturated heterocycles. The average Bonchev–Trinajstić information content (AvgIpc) is 2.77. The Balaban J connectivity index is 1.89. The number of methoxy groups -OCH3 is 1. The molecule has 1 atom stereocenters. The van der Waals surface area contributed by atoms with Crippen molar-refractivity contribution in [2.45, 2.75) is 12.5 Å². The first-order valence-corrected chi connectivity index (χ1v) is 10.2. The molecular formula is C22H21BrN4O2. The highest BCUT2D eigenvalue weighted by Gasteiger charge is 2.33. The fourth-order valence-electron chi connectivity index (χ4n) is 3.50. The van der Waals surface area contributed by atoms with Crippen LogP contribution in [0.1, 0.15) is 29.4 Å². The Hall–Kier alpha value is -2.77. The van der Waals surface area contributed by atoms with E-state index >= 15 is 0 Å². The molecule has 1 unspecified atom stereocenters. The van der Waals surface area contributed by atoms with Crippen LogP contribution >= 0.6 is 15.9 Å². The largest absolute Gasteiger partial charge is 0.494 e. The zero-order valence-corrected chi connectivity index (χ0v) is 17.6. The van der Waals surface area contributed by atoms with Crippen LogP contribution in [0, 0.1) is 0 Å². The molecule has 0 spiro atoms. The van der Waals surface area contributed by atoms with Gasteiger partial charge in [-0.15, -0.1) is 0 Å². The SMILES string of the molecule is COc1cnc(C2=Nc3ccc(Br)cc3C(c3ccccc3)N2CCCO)nc1. The molecule has 0 fully saturated rings. The number of rotatable bonds is 6. The number of halogens is 1. The quantitative estimate of drug-likeness (QED) is 0.608. The minimum Gasteiger partial charge on any atom is -0.494 e. The molecule has 2 heterocycles. The van der Waals surface area contributed by atoms with E-state index in [1.807, 2.05) is 30.3 Å². The van der Waals surface area contributed by atoms with E-state index in [1.165, 1.54) is 0 Å². The predicted molar refractivity (Wildman–Crippen MR) is 116 cm³/mol. The van der Waals surface area contributed by atoms with Crippen molar-refractivity contribution < 1.29 is 9.84 Å². The normalized spacial score (nSPS) is 15.6. The van der Waals surface area contributed by atoms with Gasteiger partial charge < -0.3 is 14.7 Å². The van der Waals surface area contributed by atoms with E-state index in [2.05, 4.69) is 49.0 Å². The summed E-state index contributed by atoms with van der Waals surface area (Å²) in [6.45, 7) is 0.719. The van der Waals surface area contributed by atoms with Gasteiger partial charge in [0.25, 0.3) is 0 Å². The maximum Gasteiger partial charge on any atom is 0.195 e. The third-order valence-corrected chi connectivity index (χ3v) is 5.32. The van der Waals surface area contributed by atoms with E-state index in [1.54, 1.807) is 19.5 Å². The maximum absolute atomic E-state index is 9.50. The van der Waals surface area contributed by atoms with Gasteiger partial charge in [-0.3, -0.25) is 0 Å². The molecule has 3 aromatic rings. The third kappa shape index (κ3) is 4.02. The maximum atomic E-state index is 9.50. The van der Waals surface area contributed by atoms with Crippen LogP contribution in [-0.4, -0.2) is 46.1 Å². The summed E-state index contributed by atoms with van der Waals surface area (Å²) >= 11 is 3.59. The van der Waals surface area contributed by atoms with E-state index in [-0.39, 0.29) is 12.6 Å². The minimum atomic E-state index is -0.0616. The number of nitrogens with zero attached hydrogens (tertiary/aromatic N) is 4. The molecule has 0 saturated carbocycles. The summed E-state index contributed by atoms with van der Waals surface area (Å²) in [7, 11) is 1.59. The summed E-state index contributed by atoms with van der Waals surface area (Å²) in [4.78, 5) is 16.0. The number of hydrogen-bond donors (Lipinski definition) is 1. The summed E-state index contributed by atoms with van der Waals surface area (Å²) in [6, 6.07) is 16.3. The predicted octanol–water partition coefficient (Wildman–Crippen LogP) is 4.11. The van der Waals surface area contributed by atoms with Crippen molar-refractivity contribution in [2.24, 2.45) is 4.99 Å². The Morgan fingerprint density at radius 1 is 1.10 bits per heavy atom. The Kier molecular flexibility index (Phi) is 5.87. The zero-order chi connectivity index (χ0) is 20.2. The Morgan fingerprint density at radius 2 is 1.86 bits per heavy atom. The molecule has 7 heteroatoms. The number of fused-ring (bicyclic) bond motifs is 1. The number of hydrogen-bond acceptors (Lipinski definition) is 6. The van der Waals surface area contributed by atoms with Gasteiger partial charge in [0.1, 0.15) is 0 Å². The first-order chi connectivity index (χ1) is 14.2. The lowest BCUT2D eigenvalue weighted by Crippen LogP contribution is -2.40. The number of aliphatic hydroxyl groups excluding tert-OH is 1. The molecular weight excluding hydrogens is 432 g/mol. The Labute approximate surface area is 178 Å². The smallest absolute Gasteiger partial charge is 0.195 e. The van der Waals surface area contributed by atoms with Gasteiger partial charge in [0.15, 0.2) is 17.4 Å². The topological polar surface area (TPSA) is 70.8 Å². The van der Waals surface area contributed by atoms with Gasteiger partial charge in [0.05, 0.1) is 31.2 Å². The summed E-state index contributed by atoms with van der Waals surface area (Å²) in [6.07, 6.45) is 3.90. The molecule has 29 heavy (non-hydrogen) atoms. The van der Waals surface area contributed by atoms with Crippen molar-refractivity contribution in [1.82, 2.24) is 14.9 Å². The van der Waals surface area contributed by atoms with E-state index in [4.69, 9.17) is 9.73 Å². The summed E-state index contributed by atoms with van der Waals surface area (Å²) < 4.78 is 6.19. The molecule has 1 aromatic heterocycles. The Morgan fingerprint density at radius 3 is 2.55 bits per heavy atom. The summed E-state index contributed by atoms with van der Waals surface area (Å²) in [5.41, 5.74) is 3.13.